The van der Waals surface area contributed by atoms with Crippen LogP contribution < -0.4 is 5.23 Å². The molecule has 1 radical (unpaired) electrons. The molecule has 3 heteroatoms. The Kier molecular flexibility index (Phi) is 2.92. The second-order valence-corrected chi connectivity index (χ2v) is 0.398. The van der Waals surface area contributed by atoms with E-state index in [-0.39, 0.29) is 0 Å². The minimum absolute atomic E-state index is 0.375. The normalized spacial score (nSPS) is 6.50. The van der Waals surface area contributed by atoms with Gasteiger partial charge in [0.1, 0.15) is 0 Å². The molecular formula is CH4BFN. The molecule has 0 fully saturated rings. The first-order chi connectivity index (χ1) is 1.91. The van der Waals surface area contributed by atoms with Gasteiger partial charge in [-0.1, -0.05) is 0 Å². The molecule has 0 spiro atoms. The van der Waals surface area contributed by atoms with Gasteiger partial charge in [0, 0.05) is 0 Å². The van der Waals surface area contributed by atoms with Gasteiger partial charge in [0.25, 0.3) is 0 Å². The fourth-order valence-electron chi connectivity index (χ4n) is 0. The summed E-state index contributed by atoms with van der Waals surface area (Å²) in [7, 11) is 1.88. The molecular weight excluding hydrogens is 55.8 g/mol. The highest BCUT2D eigenvalue weighted by Crippen LogP contribution is 1.37. The average Bonchev–Trinajstić information content (AvgIpc) is 1.37. The minimum atomic E-state index is 0.375. The predicted octanol–water partition coefficient (Wildman–Crippen LogP) is -0.291. The summed E-state index contributed by atoms with van der Waals surface area (Å²) in [4.78, 5) is 0. The lowest BCUT2D eigenvalue weighted by Gasteiger charge is -1.67. The van der Waals surface area contributed by atoms with Crippen LogP contribution in [0.1, 0.15) is 0 Å². The van der Waals surface area contributed by atoms with E-state index in [9.17, 15) is 4.32 Å². The number of nitrogens with one attached hydrogen (secondary N) is 1. The van der Waals surface area contributed by atoms with Crippen molar-refractivity contribution in [2.75, 3.05) is 7.05 Å². The van der Waals surface area contributed by atoms with E-state index in [1.54, 1.807) is 0 Å². The van der Waals surface area contributed by atoms with Crippen LogP contribution in [0.4, 0.5) is 4.32 Å². The SMILES string of the molecule is CN[B]F. The van der Waals surface area contributed by atoms with Gasteiger partial charge in [-0.15, -0.1) is 0 Å². The summed E-state index contributed by atoms with van der Waals surface area (Å²) in [5.74, 6) is 0. The Bertz CT molecular complexity index is 10.0. The Balaban J connectivity index is 1.97. The van der Waals surface area contributed by atoms with Crippen LogP contribution in [0.3, 0.4) is 0 Å². The summed E-state index contributed by atoms with van der Waals surface area (Å²) in [6.45, 7) is 0. The zero-order chi connectivity index (χ0) is 3.41. The first-order valence-electron chi connectivity index (χ1n) is 1.01. The molecule has 0 unspecified atom stereocenters. The van der Waals surface area contributed by atoms with Crippen LogP contribution in [0, 0.1) is 0 Å². The third kappa shape index (κ3) is 1.95. The van der Waals surface area contributed by atoms with E-state index < -0.39 is 0 Å². The van der Waals surface area contributed by atoms with E-state index in [0.29, 0.717) is 7.69 Å². The Labute approximate surface area is 25.5 Å². The summed E-state index contributed by atoms with van der Waals surface area (Å²) in [5.41, 5.74) is 0. The van der Waals surface area contributed by atoms with Crippen LogP contribution in [-0.4, -0.2) is 14.7 Å². The zero-order valence-electron chi connectivity index (χ0n) is 2.46. The van der Waals surface area contributed by atoms with Crippen LogP contribution in [0.5, 0.6) is 0 Å². The van der Waals surface area contributed by atoms with Crippen molar-refractivity contribution < 1.29 is 4.32 Å². The van der Waals surface area contributed by atoms with Crippen LogP contribution in [0.15, 0.2) is 0 Å². The molecule has 0 saturated carbocycles. The Hall–Kier alpha value is -0.0451. The summed E-state index contributed by atoms with van der Waals surface area (Å²) in [6, 6.07) is 0. The molecule has 0 aliphatic carbocycles. The molecule has 0 amide bonds. The topological polar surface area (TPSA) is 12.0 Å². The van der Waals surface area contributed by atoms with Gasteiger partial charge in [-0.05, 0) is 7.05 Å². The highest BCUT2D eigenvalue weighted by atomic mass is 19.1. The Morgan fingerprint density at radius 1 is 2.00 bits per heavy atom. The van der Waals surface area contributed by atoms with Crippen LogP contribution in [-0.2, 0) is 0 Å². The maximum atomic E-state index is 10.5. The number of hydrogen-bond acceptors (Lipinski definition) is 1. The molecule has 0 bridgehead atoms. The molecule has 0 rings (SSSR count). The lowest BCUT2D eigenvalue weighted by molar-refractivity contribution is 0.837. The molecule has 0 aliphatic heterocycles. The van der Waals surface area contributed by atoms with Gasteiger partial charge in [-0.3, -0.25) is 0 Å². The Morgan fingerprint density at radius 2 is 2.25 bits per heavy atom. The highest BCUT2D eigenvalue weighted by molar-refractivity contribution is 6.22. The predicted molar refractivity (Wildman–Crippen MR) is 15.9 cm³/mol. The van der Waals surface area contributed by atoms with Crippen LogP contribution >= 0.6 is 0 Å². The lowest BCUT2D eigenvalue weighted by Crippen LogP contribution is -2.05. The number of rotatable bonds is 1. The minimum Gasteiger partial charge on any atom is -0.332 e. The van der Waals surface area contributed by atoms with E-state index in [1.165, 1.54) is 7.05 Å². The third-order valence-electron chi connectivity index (χ3n) is 0.109. The van der Waals surface area contributed by atoms with Gasteiger partial charge in [0.05, 0.1) is 0 Å². The fourth-order valence-corrected chi connectivity index (χ4v) is 0. The van der Waals surface area contributed by atoms with Crippen molar-refractivity contribution in [1.82, 2.24) is 5.23 Å². The van der Waals surface area contributed by atoms with E-state index >= 15 is 0 Å². The average molecular weight is 59.9 g/mol. The monoisotopic (exact) mass is 60.0 g/mol. The second kappa shape index (κ2) is 2.95. The molecule has 0 saturated heterocycles. The van der Waals surface area contributed by atoms with Gasteiger partial charge in [0.2, 0.25) is 0 Å². The van der Waals surface area contributed by atoms with Crippen molar-refractivity contribution in [3.8, 4) is 0 Å². The van der Waals surface area contributed by atoms with E-state index in [4.69, 9.17) is 0 Å². The highest BCUT2D eigenvalue weighted by Gasteiger charge is 1.67. The summed E-state index contributed by atoms with van der Waals surface area (Å²) in [5, 5.41) is 2.14. The van der Waals surface area contributed by atoms with E-state index in [2.05, 4.69) is 5.23 Å². The first-order valence-corrected chi connectivity index (χ1v) is 1.01. The van der Waals surface area contributed by atoms with Crippen molar-refractivity contribution in [2.45, 2.75) is 0 Å². The number of halogens is 1. The molecule has 0 aromatic rings. The largest absolute Gasteiger partial charge is 0.451 e. The van der Waals surface area contributed by atoms with Crippen LogP contribution in [0.2, 0.25) is 0 Å². The molecule has 0 aromatic carbocycles. The maximum Gasteiger partial charge on any atom is 0.451 e. The van der Waals surface area contributed by atoms with Gasteiger partial charge in [0.15, 0.2) is 0 Å². The van der Waals surface area contributed by atoms with Crippen molar-refractivity contribution >= 4 is 7.69 Å². The van der Waals surface area contributed by atoms with Crippen molar-refractivity contribution in [3.63, 3.8) is 0 Å². The third-order valence-corrected chi connectivity index (χ3v) is 0.109. The van der Waals surface area contributed by atoms with Gasteiger partial charge >= 0.3 is 7.69 Å². The first kappa shape index (κ1) is 3.95. The Morgan fingerprint density at radius 3 is 2.25 bits per heavy atom. The molecule has 23 valence electrons. The molecule has 0 atom stereocenters. The molecule has 0 heterocycles. The van der Waals surface area contributed by atoms with Gasteiger partial charge < -0.3 is 9.54 Å². The summed E-state index contributed by atoms with van der Waals surface area (Å²) >= 11 is 0. The van der Waals surface area contributed by atoms with Gasteiger partial charge in [-0.25, -0.2) is 0 Å². The summed E-state index contributed by atoms with van der Waals surface area (Å²) in [6.07, 6.45) is 0. The lowest BCUT2D eigenvalue weighted by atomic mass is 10.4. The number of hydrogen-bond donors (Lipinski definition) is 1. The molecule has 4 heavy (non-hydrogen) atoms. The standard InChI is InChI=1S/CH4BFN/c1-4-2-3/h4H,1H3. The molecule has 0 aromatic heterocycles. The van der Waals surface area contributed by atoms with Crippen molar-refractivity contribution in [2.24, 2.45) is 0 Å². The second-order valence-electron chi connectivity index (χ2n) is 0.398. The molecule has 1 nitrogen and oxygen atoms in total. The fraction of sp³-hybridized carbons (Fsp3) is 1.00. The van der Waals surface area contributed by atoms with Crippen molar-refractivity contribution in [1.29, 1.82) is 0 Å². The van der Waals surface area contributed by atoms with E-state index in [0.717, 1.165) is 0 Å². The van der Waals surface area contributed by atoms with Crippen molar-refractivity contribution in [3.05, 3.63) is 0 Å². The molecule has 0 aliphatic rings. The van der Waals surface area contributed by atoms with Gasteiger partial charge in [-0.2, -0.15) is 0 Å². The quantitative estimate of drug-likeness (QED) is 0.410. The smallest absolute Gasteiger partial charge is 0.332 e. The molecule has 1 N–H and O–H groups in total. The maximum absolute atomic E-state index is 10.5. The van der Waals surface area contributed by atoms with E-state index in [1.807, 2.05) is 0 Å². The zero-order valence-corrected chi connectivity index (χ0v) is 2.46. The van der Waals surface area contributed by atoms with Crippen LogP contribution in [0.25, 0.3) is 0 Å². The summed E-state index contributed by atoms with van der Waals surface area (Å²) < 4.78 is 10.5.